The van der Waals surface area contributed by atoms with Gasteiger partial charge in [0.05, 0.1) is 4.92 Å². The zero-order valence-corrected chi connectivity index (χ0v) is 13.0. The maximum atomic E-state index is 12.8. The summed E-state index contributed by atoms with van der Waals surface area (Å²) in [5, 5.41) is 21.6. The van der Waals surface area contributed by atoms with E-state index in [1.54, 1.807) is 0 Å². The molecule has 0 spiro atoms. The van der Waals surface area contributed by atoms with Crippen molar-refractivity contribution < 1.29 is 18.1 Å². The number of alkyl halides is 3. The van der Waals surface area contributed by atoms with E-state index >= 15 is 0 Å². The number of aromatic nitrogens is 6. The van der Waals surface area contributed by atoms with E-state index in [1.165, 1.54) is 36.5 Å². The molecule has 4 aromatic rings. The maximum Gasteiger partial charge on any atom is 0.453 e. The first-order valence-electron chi connectivity index (χ1n) is 7.23. The number of hydrogen-bond donors (Lipinski definition) is 0. The molecule has 10 nitrogen and oxygen atoms in total. The van der Waals surface area contributed by atoms with Gasteiger partial charge in [-0.2, -0.15) is 22.7 Å². The van der Waals surface area contributed by atoms with Crippen molar-refractivity contribution in [3.8, 4) is 5.69 Å². The van der Waals surface area contributed by atoms with Crippen LogP contribution in [0.3, 0.4) is 0 Å². The summed E-state index contributed by atoms with van der Waals surface area (Å²) >= 11 is 0. The number of rotatable bonds is 2. The molecule has 0 aliphatic rings. The Hall–Kier alpha value is -3.90. The molecule has 0 fully saturated rings. The van der Waals surface area contributed by atoms with Gasteiger partial charge in [-0.25, -0.2) is 0 Å². The summed E-state index contributed by atoms with van der Waals surface area (Å²) in [5.41, 5.74) is -1.54. The van der Waals surface area contributed by atoms with Gasteiger partial charge in [0.1, 0.15) is 11.2 Å². The Morgan fingerprint density at radius 1 is 1.11 bits per heavy atom. The molecule has 0 aliphatic heterocycles. The third-order valence-corrected chi connectivity index (χ3v) is 3.69. The van der Waals surface area contributed by atoms with E-state index in [4.69, 9.17) is 0 Å². The monoisotopic (exact) mass is 377 g/mol. The highest BCUT2D eigenvalue weighted by Crippen LogP contribution is 2.27. The quantitative estimate of drug-likeness (QED) is 0.385. The average molecular weight is 377 g/mol. The van der Waals surface area contributed by atoms with E-state index in [2.05, 4.69) is 20.3 Å². The SMILES string of the molecule is O=c1c2nnc3nc(C(F)(F)F)nn3c2ccn1-c1ccccc1[N+](=O)[O-]. The Morgan fingerprint density at radius 2 is 1.85 bits per heavy atom. The lowest BCUT2D eigenvalue weighted by molar-refractivity contribution is -0.384. The molecule has 0 saturated carbocycles. The molecule has 0 bridgehead atoms. The van der Waals surface area contributed by atoms with Gasteiger partial charge < -0.3 is 0 Å². The lowest BCUT2D eigenvalue weighted by Gasteiger charge is -2.07. The van der Waals surface area contributed by atoms with E-state index in [-0.39, 0.29) is 22.4 Å². The summed E-state index contributed by atoms with van der Waals surface area (Å²) in [7, 11) is 0. The largest absolute Gasteiger partial charge is 0.453 e. The summed E-state index contributed by atoms with van der Waals surface area (Å²) in [5.74, 6) is -1.86. The van der Waals surface area contributed by atoms with Crippen LogP contribution in [0.4, 0.5) is 18.9 Å². The summed E-state index contributed by atoms with van der Waals surface area (Å²) < 4.78 is 40.1. The first kappa shape index (κ1) is 16.6. The Morgan fingerprint density at radius 3 is 2.56 bits per heavy atom. The molecule has 0 saturated heterocycles. The van der Waals surface area contributed by atoms with E-state index < -0.39 is 28.3 Å². The van der Waals surface area contributed by atoms with Crippen molar-refractivity contribution in [3.63, 3.8) is 0 Å². The minimum absolute atomic E-state index is 0.0223. The number of benzene rings is 1. The van der Waals surface area contributed by atoms with Gasteiger partial charge in [0.2, 0.25) is 0 Å². The van der Waals surface area contributed by atoms with Crippen molar-refractivity contribution in [2.75, 3.05) is 0 Å². The van der Waals surface area contributed by atoms with Gasteiger partial charge >= 0.3 is 6.18 Å². The highest BCUT2D eigenvalue weighted by Gasteiger charge is 2.37. The fourth-order valence-corrected chi connectivity index (χ4v) is 2.54. The van der Waals surface area contributed by atoms with Crippen LogP contribution >= 0.6 is 0 Å². The van der Waals surface area contributed by atoms with E-state index in [1.807, 2.05) is 0 Å². The van der Waals surface area contributed by atoms with Crippen LogP contribution in [-0.2, 0) is 6.18 Å². The second-order valence-corrected chi connectivity index (χ2v) is 5.32. The molecule has 0 aliphatic carbocycles. The lowest BCUT2D eigenvalue weighted by atomic mass is 10.2. The minimum atomic E-state index is -4.79. The molecule has 0 unspecified atom stereocenters. The second kappa shape index (κ2) is 5.55. The molecule has 0 amide bonds. The van der Waals surface area contributed by atoms with Gasteiger partial charge in [-0.3, -0.25) is 19.5 Å². The zero-order valence-electron chi connectivity index (χ0n) is 13.0. The summed E-state index contributed by atoms with van der Waals surface area (Å²) in [6.45, 7) is 0. The van der Waals surface area contributed by atoms with Crippen molar-refractivity contribution in [3.05, 3.63) is 62.8 Å². The van der Waals surface area contributed by atoms with Gasteiger partial charge in [-0.15, -0.1) is 15.3 Å². The van der Waals surface area contributed by atoms with Crippen LogP contribution in [-0.4, -0.2) is 34.3 Å². The number of nitrogens with zero attached hydrogens (tertiary/aromatic N) is 7. The Balaban J connectivity index is 2.00. The molecule has 3 heterocycles. The van der Waals surface area contributed by atoms with Crippen molar-refractivity contribution >= 4 is 22.5 Å². The van der Waals surface area contributed by atoms with Crippen LogP contribution in [0.25, 0.3) is 22.5 Å². The van der Waals surface area contributed by atoms with Crippen LogP contribution in [0, 0.1) is 10.1 Å². The second-order valence-electron chi connectivity index (χ2n) is 5.32. The van der Waals surface area contributed by atoms with Gasteiger partial charge in [0, 0.05) is 12.3 Å². The van der Waals surface area contributed by atoms with Gasteiger partial charge in [0.25, 0.3) is 22.8 Å². The molecule has 0 radical (unpaired) electrons. The normalized spacial score (nSPS) is 12.0. The third kappa shape index (κ3) is 2.56. The Bertz CT molecular complexity index is 1280. The minimum Gasteiger partial charge on any atom is -0.276 e. The number of hydrogen-bond acceptors (Lipinski definition) is 7. The molecule has 4 rings (SSSR count). The van der Waals surface area contributed by atoms with Crippen LogP contribution in [0.15, 0.2) is 41.3 Å². The molecular weight excluding hydrogens is 371 g/mol. The highest BCUT2D eigenvalue weighted by molar-refractivity contribution is 5.75. The standard InChI is InChI=1S/C14H6F3N7O3/c15-14(16,17)12-18-13-20-19-10-9(23(13)21-12)5-6-22(11(10)25)7-3-1-2-4-8(7)24(26)27/h1-6H. The number of nitro benzene ring substituents is 1. The molecule has 136 valence electrons. The van der Waals surface area contributed by atoms with Gasteiger partial charge in [-0.1, -0.05) is 12.1 Å². The molecular formula is C14H6F3N7O3. The van der Waals surface area contributed by atoms with Crippen LogP contribution in [0.2, 0.25) is 0 Å². The smallest absolute Gasteiger partial charge is 0.276 e. The zero-order chi connectivity index (χ0) is 19.3. The summed E-state index contributed by atoms with van der Waals surface area (Å²) in [6, 6.07) is 6.76. The average Bonchev–Trinajstić information content (AvgIpc) is 3.07. The Labute approximate surface area is 145 Å². The summed E-state index contributed by atoms with van der Waals surface area (Å²) in [6.07, 6.45) is -3.61. The van der Waals surface area contributed by atoms with Crippen LogP contribution in [0.5, 0.6) is 0 Å². The molecule has 1 aromatic carbocycles. The fourth-order valence-electron chi connectivity index (χ4n) is 2.54. The van der Waals surface area contributed by atoms with Crippen molar-refractivity contribution in [2.24, 2.45) is 0 Å². The van der Waals surface area contributed by atoms with Gasteiger partial charge in [-0.05, 0) is 12.1 Å². The molecule has 3 aromatic heterocycles. The number of halogens is 3. The van der Waals surface area contributed by atoms with Crippen LogP contribution < -0.4 is 5.56 Å². The number of pyridine rings is 1. The van der Waals surface area contributed by atoms with E-state index in [9.17, 15) is 28.1 Å². The number of fused-ring (bicyclic) bond motifs is 3. The van der Waals surface area contributed by atoms with Crippen LogP contribution in [0.1, 0.15) is 5.82 Å². The van der Waals surface area contributed by atoms with E-state index in [0.717, 1.165) is 9.08 Å². The summed E-state index contributed by atoms with van der Waals surface area (Å²) in [4.78, 5) is 26.5. The van der Waals surface area contributed by atoms with Gasteiger partial charge in [0.15, 0.2) is 5.52 Å². The van der Waals surface area contributed by atoms with E-state index in [0.29, 0.717) is 0 Å². The number of nitro groups is 1. The predicted molar refractivity (Wildman–Crippen MR) is 83.3 cm³/mol. The Kier molecular flexibility index (Phi) is 3.41. The van der Waals surface area contributed by atoms with Crippen molar-refractivity contribution in [1.82, 2.24) is 29.4 Å². The topological polar surface area (TPSA) is 121 Å². The van der Waals surface area contributed by atoms with Crippen molar-refractivity contribution in [1.29, 1.82) is 0 Å². The molecule has 0 N–H and O–H groups in total. The molecule has 13 heteroatoms. The molecule has 0 atom stereocenters. The first-order chi connectivity index (χ1) is 12.8. The highest BCUT2D eigenvalue weighted by atomic mass is 19.4. The lowest BCUT2D eigenvalue weighted by Crippen LogP contribution is -2.21. The number of para-hydroxylation sites is 2. The third-order valence-electron chi connectivity index (χ3n) is 3.69. The van der Waals surface area contributed by atoms with Crippen molar-refractivity contribution in [2.45, 2.75) is 6.18 Å². The molecule has 27 heavy (non-hydrogen) atoms. The maximum absolute atomic E-state index is 12.8. The predicted octanol–water partition coefficient (Wildman–Crippen LogP) is 1.75. The first-order valence-corrected chi connectivity index (χ1v) is 7.23. The fraction of sp³-hybridized carbons (Fsp3) is 0.0714.